The summed E-state index contributed by atoms with van der Waals surface area (Å²) >= 11 is 0. The third-order valence-corrected chi connectivity index (χ3v) is 16.9. The van der Waals surface area contributed by atoms with Crippen LogP contribution in [-0.2, 0) is 62.1 Å². The number of aliphatic hydroxyl groups is 4. The van der Waals surface area contributed by atoms with Crippen molar-refractivity contribution in [3.05, 3.63) is 45.2 Å². The number of carbonyl (C=O) groups is 3. The van der Waals surface area contributed by atoms with Crippen molar-refractivity contribution in [2.75, 3.05) is 34.3 Å². The summed E-state index contributed by atoms with van der Waals surface area (Å²) in [6, 6.07) is 3.51. The number of ether oxygens (including phenoxy) is 7. The van der Waals surface area contributed by atoms with E-state index < -0.39 is 119 Å². The van der Waals surface area contributed by atoms with E-state index >= 15 is 0 Å². The fourth-order valence-corrected chi connectivity index (χ4v) is 12.6. The lowest BCUT2D eigenvalue weighted by molar-refractivity contribution is -0.318. The van der Waals surface area contributed by atoms with Crippen molar-refractivity contribution in [3.8, 4) is 0 Å². The van der Waals surface area contributed by atoms with Gasteiger partial charge < -0.3 is 78.7 Å². The van der Waals surface area contributed by atoms with Gasteiger partial charge in [-0.2, -0.15) is 0 Å². The molecule has 7 N–H and O–H groups in total. The number of aromatic nitrogens is 1. The SMILES string of the molecule is CC[C@@H]1OC(=O)[C@H](C)[C@H](O[C@@H]2C[C@](C)(OC)[C@H](OC(=O)CCNCCCc3cc4c5c(c3)c(=O)c(C(=O)O)cn5CCC4)[C@H](C)O2)[C@@H](C)[C@H](O[C@@H]2O[C@H](C)C[C@H](N(C)C)[C@@H]2O)[C@](C)(O)C[C@H](C)/C(=N\O)[C@H](C)[C@H](O)[C@@]1(C)O. The zero-order valence-corrected chi connectivity index (χ0v) is 47.4. The van der Waals surface area contributed by atoms with E-state index in [1.807, 2.05) is 30.5 Å². The number of aryl methyl sites for hydroxylation is 3. The second kappa shape index (κ2) is 25.5. The molecule has 3 saturated heterocycles. The Bertz CT molecular complexity index is 2460. The van der Waals surface area contributed by atoms with E-state index in [1.165, 1.54) is 27.2 Å². The molecule has 0 amide bonds. The number of carbonyl (C=O) groups excluding carboxylic acids is 2. The van der Waals surface area contributed by atoms with Crippen molar-refractivity contribution in [3.63, 3.8) is 0 Å². The second-order valence-electron chi connectivity index (χ2n) is 23.3. The predicted molar refractivity (Wildman–Crippen MR) is 284 cm³/mol. The van der Waals surface area contributed by atoms with E-state index in [0.717, 1.165) is 29.5 Å². The van der Waals surface area contributed by atoms with Crippen molar-refractivity contribution >= 4 is 34.5 Å². The highest BCUT2D eigenvalue weighted by Gasteiger charge is 2.54. The first kappa shape index (κ1) is 62.1. The third kappa shape index (κ3) is 13.7. The van der Waals surface area contributed by atoms with Gasteiger partial charge >= 0.3 is 17.9 Å². The fraction of sp³-hybridized carbons (Fsp3) is 0.768. The van der Waals surface area contributed by atoms with Crippen molar-refractivity contribution in [2.24, 2.45) is 28.8 Å². The van der Waals surface area contributed by atoms with E-state index in [0.29, 0.717) is 44.3 Å². The molecule has 0 radical (unpaired) electrons. The van der Waals surface area contributed by atoms with E-state index in [9.17, 15) is 49.9 Å². The molecule has 4 aliphatic rings. The Labute approximate surface area is 452 Å². The average molecular weight is 1090 g/mol. The van der Waals surface area contributed by atoms with E-state index in [4.69, 9.17) is 33.2 Å². The Morgan fingerprint density at radius 1 is 0.961 bits per heavy atom. The molecule has 3 fully saturated rings. The molecule has 0 unspecified atom stereocenters. The molecule has 1 aromatic heterocycles. The van der Waals surface area contributed by atoms with Crippen LogP contribution < -0.4 is 10.7 Å². The molecule has 1 aromatic carbocycles. The highest BCUT2D eigenvalue weighted by Crippen LogP contribution is 2.42. The van der Waals surface area contributed by atoms with Gasteiger partial charge in [-0.05, 0) is 124 Å². The first-order valence-corrected chi connectivity index (χ1v) is 27.5. The lowest BCUT2D eigenvalue weighted by Crippen LogP contribution is -2.61. The van der Waals surface area contributed by atoms with Crippen LogP contribution in [-0.4, -0.2) is 182 Å². The number of rotatable bonds is 16. The minimum atomic E-state index is -2.03. The van der Waals surface area contributed by atoms with E-state index in [2.05, 4.69) is 16.5 Å². The fourth-order valence-electron chi connectivity index (χ4n) is 12.6. The number of esters is 2. The maximum Gasteiger partial charge on any atom is 0.341 e. The molecule has 0 spiro atoms. The molecule has 4 aliphatic heterocycles. The summed E-state index contributed by atoms with van der Waals surface area (Å²) in [6.45, 7) is 18.1. The highest BCUT2D eigenvalue weighted by molar-refractivity contribution is 5.94. The maximum absolute atomic E-state index is 14.5. The molecule has 21 nitrogen and oxygen atoms in total. The van der Waals surface area contributed by atoms with Gasteiger partial charge in [0, 0.05) is 62.0 Å². The molecule has 21 heteroatoms. The van der Waals surface area contributed by atoms with Gasteiger partial charge in [-0.25, -0.2) is 4.79 Å². The van der Waals surface area contributed by atoms with Crippen molar-refractivity contribution < 1.29 is 78.3 Å². The molecule has 5 heterocycles. The van der Waals surface area contributed by atoms with Gasteiger partial charge in [0.05, 0.1) is 59.7 Å². The summed E-state index contributed by atoms with van der Waals surface area (Å²) in [5.41, 5.74) is -2.93. The highest BCUT2D eigenvalue weighted by atomic mass is 16.7. The zero-order valence-electron chi connectivity index (χ0n) is 47.4. The number of nitrogens with one attached hydrogen (secondary N) is 1. The van der Waals surface area contributed by atoms with Gasteiger partial charge in [0.2, 0.25) is 5.43 Å². The van der Waals surface area contributed by atoms with Crippen LogP contribution in [0.4, 0.5) is 0 Å². The van der Waals surface area contributed by atoms with Crippen LogP contribution in [0.3, 0.4) is 0 Å². The summed E-state index contributed by atoms with van der Waals surface area (Å²) in [6.07, 6.45) is -5.90. The summed E-state index contributed by atoms with van der Waals surface area (Å²) < 4.78 is 46.5. The molecule has 434 valence electrons. The lowest BCUT2D eigenvalue weighted by Gasteiger charge is -2.49. The summed E-state index contributed by atoms with van der Waals surface area (Å²) in [5.74, 6) is -6.31. The number of hydrogen-bond acceptors (Lipinski definition) is 19. The number of methoxy groups -OCH3 is 1. The molecule has 0 bridgehead atoms. The van der Waals surface area contributed by atoms with E-state index in [1.54, 1.807) is 54.5 Å². The number of likely N-dealkylation sites (N-methyl/N-ethyl adjacent to an activating group) is 1. The molecule has 77 heavy (non-hydrogen) atoms. The minimum absolute atomic E-state index is 0.00903. The van der Waals surface area contributed by atoms with Gasteiger partial charge in [-0.1, -0.05) is 38.9 Å². The van der Waals surface area contributed by atoms with Crippen LogP contribution in [0.2, 0.25) is 0 Å². The van der Waals surface area contributed by atoms with Crippen molar-refractivity contribution in [1.29, 1.82) is 0 Å². The summed E-state index contributed by atoms with van der Waals surface area (Å²) in [4.78, 5) is 54.9. The van der Waals surface area contributed by atoms with Crippen LogP contribution in [0.15, 0.2) is 28.3 Å². The first-order valence-electron chi connectivity index (χ1n) is 27.5. The minimum Gasteiger partial charge on any atom is -0.477 e. The number of aliphatic hydroxyl groups excluding tert-OH is 2. The Morgan fingerprint density at radius 3 is 2.30 bits per heavy atom. The number of benzene rings is 1. The third-order valence-electron chi connectivity index (χ3n) is 16.9. The molecule has 0 saturated carbocycles. The number of oxime groups is 1. The number of cyclic esters (lactones) is 1. The number of pyridine rings is 1. The normalized spacial score (nSPS) is 38.1. The van der Waals surface area contributed by atoms with Crippen LogP contribution in [0.1, 0.15) is 136 Å². The Hall–Kier alpha value is -4.13. The monoisotopic (exact) mass is 1090 g/mol. The lowest BCUT2D eigenvalue weighted by atomic mass is 9.73. The van der Waals surface area contributed by atoms with Crippen molar-refractivity contribution in [1.82, 2.24) is 14.8 Å². The maximum atomic E-state index is 14.5. The Morgan fingerprint density at radius 2 is 1.66 bits per heavy atom. The Balaban J connectivity index is 1.19. The number of nitrogens with zero attached hydrogens (tertiary/aromatic N) is 3. The number of carboxylic acid groups (broad SMARTS) is 1. The molecule has 2 aromatic rings. The molecule has 18 atom stereocenters. The molecular formula is C56H88N4O17. The smallest absolute Gasteiger partial charge is 0.341 e. The number of aromatic carboxylic acids is 1. The Kier molecular flexibility index (Phi) is 20.6. The summed E-state index contributed by atoms with van der Waals surface area (Å²) in [7, 11) is 5.17. The average Bonchev–Trinajstić information content (AvgIpc) is 3.40. The van der Waals surface area contributed by atoms with Gasteiger partial charge in [0.25, 0.3) is 0 Å². The topological polar surface area (TPSA) is 287 Å². The van der Waals surface area contributed by atoms with Gasteiger partial charge in [0.15, 0.2) is 18.7 Å². The standard InChI is InChI=1S/C56H88N4O17/c1-14-40-56(10,69)48(64)31(4)43(58-70)29(2)26-54(8,68)49(77-53-46(63)39(59(11)12)23-30(3)72-53)32(5)47(33(6)52(67)74-40)76-42-27-55(9,71-13)50(34(7)73-42)75-41(61)19-21-57-20-15-17-35-24-36-18-16-22-60-28-38(51(65)66)45(62)37(25-35)44(36)60/h24-25,28-34,39-40,42,46-50,53,57,63-64,68-70H,14-23,26-27H2,1-13H3,(H,65,66)/b58-43+/t29-,30+,31-,32+,33+,34-,39-,40-,42+,46-,47+,48-,49-,50+,53-,54+,55-,56-/m0/s1. The van der Waals surface area contributed by atoms with Gasteiger partial charge in [-0.15, -0.1) is 0 Å². The molecular weight excluding hydrogens is 1000 g/mol. The molecule has 0 aliphatic carbocycles. The van der Waals surface area contributed by atoms with Crippen molar-refractivity contribution in [2.45, 2.75) is 218 Å². The zero-order chi connectivity index (χ0) is 57.1. The van der Waals surface area contributed by atoms with E-state index in [-0.39, 0.29) is 49.1 Å². The quantitative estimate of drug-likeness (QED) is 0.0537. The van der Waals surface area contributed by atoms with Crippen LogP contribution in [0.25, 0.3) is 10.9 Å². The summed E-state index contributed by atoms with van der Waals surface area (Å²) in [5, 5.41) is 75.4. The van der Waals surface area contributed by atoms with Crippen LogP contribution >= 0.6 is 0 Å². The second-order valence-corrected chi connectivity index (χ2v) is 23.3. The van der Waals surface area contributed by atoms with Gasteiger partial charge in [0.1, 0.15) is 29.0 Å². The number of carboxylic acids is 1. The van der Waals surface area contributed by atoms with Crippen LogP contribution in [0, 0.1) is 23.7 Å². The van der Waals surface area contributed by atoms with Crippen LogP contribution in [0.5, 0.6) is 0 Å². The molecule has 6 rings (SSSR count). The predicted octanol–water partition coefficient (Wildman–Crippen LogP) is 4.17. The first-order chi connectivity index (χ1) is 36.1. The van der Waals surface area contributed by atoms with Gasteiger partial charge in [-0.3, -0.25) is 14.4 Å². The largest absolute Gasteiger partial charge is 0.477 e. The number of hydrogen-bond donors (Lipinski definition) is 7.